The smallest absolute Gasteiger partial charge is 0.280 e. The third-order valence-corrected chi connectivity index (χ3v) is 6.59. The Kier molecular flexibility index (Phi) is 6.08. The maximum absolute atomic E-state index is 12.9. The number of hydrogen-bond donors (Lipinski definition) is 1. The van der Waals surface area contributed by atoms with Gasteiger partial charge in [0.25, 0.3) is 5.91 Å². The molecule has 1 heterocycles. The Hall–Kier alpha value is -1.64. The molecule has 0 aromatic heterocycles. The largest absolute Gasteiger partial charge is 0.503 e. The van der Waals surface area contributed by atoms with Crippen LogP contribution in [0, 0.1) is 0 Å². The van der Waals surface area contributed by atoms with E-state index in [1.165, 1.54) is 5.01 Å². The average Bonchev–Trinajstić information content (AvgIpc) is 2.92. The number of aromatic hydroxyl groups is 1. The van der Waals surface area contributed by atoms with Gasteiger partial charge in [-0.3, -0.25) is 4.79 Å². The van der Waals surface area contributed by atoms with Crippen molar-refractivity contribution in [2.75, 3.05) is 11.6 Å². The van der Waals surface area contributed by atoms with Crippen LogP contribution >= 0.6 is 47.8 Å². The minimum absolute atomic E-state index is 0.00509. The lowest BCUT2D eigenvalue weighted by Crippen LogP contribution is -2.21. The molecule has 27 heavy (non-hydrogen) atoms. The van der Waals surface area contributed by atoms with E-state index in [9.17, 15) is 9.90 Å². The maximum Gasteiger partial charge on any atom is 0.280 e. The Morgan fingerprint density at radius 3 is 2.48 bits per heavy atom. The van der Waals surface area contributed by atoms with E-state index in [0.29, 0.717) is 43.8 Å². The van der Waals surface area contributed by atoms with E-state index >= 15 is 0 Å². The highest BCUT2D eigenvalue weighted by Crippen LogP contribution is 2.43. The van der Waals surface area contributed by atoms with Gasteiger partial charge in [-0.25, -0.2) is 0 Å². The van der Waals surface area contributed by atoms with Crippen LogP contribution in [0.15, 0.2) is 54.4 Å². The first-order valence-corrected chi connectivity index (χ1v) is 10.4. The number of halogens is 3. The molecular weight excluding hydrogens is 544 g/mol. The molecule has 1 aliphatic rings. The van der Waals surface area contributed by atoms with Gasteiger partial charge in [-0.1, -0.05) is 15.9 Å². The number of benzene rings is 2. The number of anilines is 1. The fourth-order valence-corrected chi connectivity index (χ4v) is 3.68. The molecule has 1 amide bonds. The normalized spacial score (nSPS) is 15.4. The first kappa shape index (κ1) is 20.1. The summed E-state index contributed by atoms with van der Waals surface area (Å²) < 4.78 is 7.49. The van der Waals surface area contributed by atoms with Crippen molar-refractivity contribution in [1.82, 2.24) is 0 Å². The number of ether oxygens (including phenoxy) is 1. The Morgan fingerprint density at radius 1 is 1.19 bits per heavy atom. The van der Waals surface area contributed by atoms with Crippen molar-refractivity contribution in [3.63, 3.8) is 0 Å². The van der Waals surface area contributed by atoms with Crippen LogP contribution in [0.5, 0.6) is 11.5 Å². The predicted octanol–water partition coefficient (Wildman–Crippen LogP) is 5.88. The van der Waals surface area contributed by atoms with Gasteiger partial charge >= 0.3 is 0 Å². The fraction of sp³-hybridized carbons (Fsp3) is 0.158. The van der Waals surface area contributed by atoms with Crippen molar-refractivity contribution >= 4 is 71.2 Å². The van der Waals surface area contributed by atoms with Crippen molar-refractivity contribution in [2.24, 2.45) is 5.10 Å². The topological polar surface area (TPSA) is 62.1 Å². The summed E-state index contributed by atoms with van der Waals surface area (Å²) >= 11 is 10.2. The Bertz CT molecular complexity index is 969. The van der Waals surface area contributed by atoms with Gasteiger partial charge in [-0.15, -0.1) is 0 Å². The van der Waals surface area contributed by atoms with E-state index in [2.05, 4.69) is 52.9 Å². The summed E-state index contributed by atoms with van der Waals surface area (Å²) in [5.74, 6) is 0.124. The van der Waals surface area contributed by atoms with E-state index in [1.54, 1.807) is 19.1 Å². The molecule has 140 valence electrons. The Morgan fingerprint density at radius 2 is 1.85 bits per heavy atom. The summed E-state index contributed by atoms with van der Waals surface area (Å²) in [6.45, 7) is 4.03. The molecule has 3 rings (SSSR count). The quantitative estimate of drug-likeness (QED) is 0.476. The van der Waals surface area contributed by atoms with Crippen molar-refractivity contribution in [3.8, 4) is 11.5 Å². The molecule has 0 saturated heterocycles. The van der Waals surface area contributed by atoms with Crippen molar-refractivity contribution in [2.45, 2.75) is 13.8 Å². The first-order valence-electron chi connectivity index (χ1n) is 8.04. The molecule has 0 bridgehead atoms. The van der Waals surface area contributed by atoms with Gasteiger partial charge in [0.1, 0.15) is 0 Å². The van der Waals surface area contributed by atoms with Crippen molar-refractivity contribution < 1.29 is 14.6 Å². The molecule has 5 nitrogen and oxygen atoms in total. The van der Waals surface area contributed by atoms with E-state index in [4.69, 9.17) is 4.74 Å². The molecule has 0 aliphatic carbocycles. The number of amides is 1. The molecule has 8 heteroatoms. The predicted molar refractivity (Wildman–Crippen MR) is 117 cm³/mol. The second-order valence-corrected chi connectivity index (χ2v) is 8.21. The lowest BCUT2D eigenvalue weighted by Gasteiger charge is -2.13. The van der Waals surface area contributed by atoms with Crippen LogP contribution in [-0.4, -0.2) is 23.3 Å². The SMILES string of the molecule is CCOc1cc(/C=C2\C(=O)N(c3ccc(Br)cc3)N=C2C)c(Br)c(Br)c1O. The van der Waals surface area contributed by atoms with Crippen molar-refractivity contribution in [3.05, 3.63) is 54.9 Å². The van der Waals surface area contributed by atoms with Crippen LogP contribution < -0.4 is 9.75 Å². The molecule has 0 atom stereocenters. The van der Waals surface area contributed by atoms with Crippen LogP contribution in [0.2, 0.25) is 0 Å². The molecule has 0 radical (unpaired) electrons. The molecule has 2 aromatic rings. The van der Waals surface area contributed by atoms with Gasteiger partial charge in [0.15, 0.2) is 11.5 Å². The van der Waals surface area contributed by atoms with Crippen molar-refractivity contribution in [1.29, 1.82) is 0 Å². The summed E-state index contributed by atoms with van der Waals surface area (Å²) in [5.41, 5.74) is 2.46. The zero-order valence-corrected chi connectivity index (χ0v) is 19.2. The summed E-state index contributed by atoms with van der Waals surface area (Å²) in [5, 5.41) is 15.9. The number of carbonyl (C=O) groups is 1. The average molecular weight is 559 g/mol. The second-order valence-electron chi connectivity index (χ2n) is 5.71. The van der Waals surface area contributed by atoms with Crippen LogP contribution in [-0.2, 0) is 4.79 Å². The van der Waals surface area contributed by atoms with Gasteiger partial charge in [-0.2, -0.15) is 10.1 Å². The van der Waals surface area contributed by atoms with Gasteiger partial charge in [-0.05, 0) is 87.7 Å². The standard InChI is InChI=1S/C19H15Br3N2O3/c1-3-27-15-9-11(16(21)17(22)18(15)25)8-14-10(2)23-24(19(14)26)13-6-4-12(20)5-7-13/h4-9,25H,3H2,1-2H3/b14-8-. The van der Waals surface area contributed by atoms with Crippen LogP contribution in [0.3, 0.4) is 0 Å². The third kappa shape index (κ3) is 3.97. The number of carbonyl (C=O) groups excluding carboxylic acids is 1. The first-order chi connectivity index (χ1) is 12.8. The molecule has 0 spiro atoms. The maximum atomic E-state index is 12.9. The Labute approximate surface area is 182 Å². The monoisotopic (exact) mass is 556 g/mol. The summed E-state index contributed by atoms with van der Waals surface area (Å²) in [4.78, 5) is 12.9. The number of hydrogen-bond acceptors (Lipinski definition) is 4. The third-order valence-electron chi connectivity index (χ3n) is 3.91. The zero-order chi connectivity index (χ0) is 19.7. The lowest BCUT2D eigenvalue weighted by atomic mass is 10.1. The highest BCUT2D eigenvalue weighted by molar-refractivity contribution is 9.13. The summed E-state index contributed by atoms with van der Waals surface area (Å²) in [6.07, 6.45) is 1.73. The minimum Gasteiger partial charge on any atom is -0.503 e. The lowest BCUT2D eigenvalue weighted by molar-refractivity contribution is -0.114. The fourth-order valence-electron chi connectivity index (χ4n) is 2.58. The van der Waals surface area contributed by atoms with Gasteiger partial charge in [0, 0.05) is 8.95 Å². The number of hydrazone groups is 1. The number of phenols is 1. The number of phenolic OH excluding ortho intramolecular Hbond substituents is 1. The van der Waals surface area contributed by atoms with Gasteiger partial charge < -0.3 is 9.84 Å². The van der Waals surface area contributed by atoms with Gasteiger partial charge in [0.2, 0.25) is 0 Å². The molecule has 0 unspecified atom stereocenters. The molecular formula is C19H15Br3N2O3. The van der Waals surface area contributed by atoms with Crippen LogP contribution in [0.25, 0.3) is 6.08 Å². The molecule has 0 saturated carbocycles. The van der Waals surface area contributed by atoms with Gasteiger partial charge in [0.05, 0.1) is 28.1 Å². The van der Waals surface area contributed by atoms with E-state index < -0.39 is 0 Å². The van der Waals surface area contributed by atoms with E-state index in [1.807, 2.05) is 31.2 Å². The highest BCUT2D eigenvalue weighted by Gasteiger charge is 2.29. The van der Waals surface area contributed by atoms with Crippen LogP contribution in [0.1, 0.15) is 19.4 Å². The molecule has 1 N–H and O–H groups in total. The van der Waals surface area contributed by atoms with E-state index in [0.717, 1.165) is 4.47 Å². The van der Waals surface area contributed by atoms with Crippen LogP contribution in [0.4, 0.5) is 5.69 Å². The molecule has 0 fully saturated rings. The molecule has 2 aromatic carbocycles. The number of nitrogens with zero attached hydrogens (tertiary/aromatic N) is 2. The number of rotatable bonds is 4. The summed E-state index contributed by atoms with van der Waals surface area (Å²) in [7, 11) is 0. The summed E-state index contributed by atoms with van der Waals surface area (Å²) in [6, 6.07) is 9.04. The minimum atomic E-state index is -0.219. The zero-order valence-electron chi connectivity index (χ0n) is 14.5. The van der Waals surface area contributed by atoms with E-state index in [-0.39, 0.29) is 11.7 Å². The molecule has 1 aliphatic heterocycles. The highest BCUT2D eigenvalue weighted by atomic mass is 79.9. The Balaban J connectivity index is 2.02. The second kappa shape index (κ2) is 8.16.